The third-order valence-electron chi connectivity index (χ3n) is 1.09. The molecule has 0 N–H and O–H groups in total. The van der Waals surface area contributed by atoms with Crippen LogP contribution in [0.2, 0.25) is 0 Å². The van der Waals surface area contributed by atoms with Gasteiger partial charge in [-0.05, 0) is 0 Å². The molecule has 0 aromatic carbocycles. The van der Waals surface area contributed by atoms with Crippen LogP contribution in [-0.2, 0) is 0 Å². The summed E-state index contributed by atoms with van der Waals surface area (Å²) in [6.45, 7) is 1.38. The summed E-state index contributed by atoms with van der Waals surface area (Å²) >= 11 is 0. The number of aromatic nitrogens is 2. The SMILES string of the molecule is CC(=O)n1cncc1C#N. The highest BCUT2D eigenvalue weighted by Gasteiger charge is 2.02. The van der Waals surface area contributed by atoms with Crippen LogP contribution in [0.4, 0.5) is 0 Å². The molecule has 0 saturated heterocycles. The van der Waals surface area contributed by atoms with Crippen molar-refractivity contribution in [2.24, 2.45) is 0 Å². The van der Waals surface area contributed by atoms with E-state index < -0.39 is 0 Å². The first-order valence-electron chi connectivity index (χ1n) is 2.69. The van der Waals surface area contributed by atoms with Crippen molar-refractivity contribution < 1.29 is 4.79 Å². The maximum atomic E-state index is 10.7. The molecule has 0 unspecified atom stereocenters. The molecule has 1 heterocycles. The minimum atomic E-state index is -0.200. The molecule has 4 nitrogen and oxygen atoms in total. The van der Waals surface area contributed by atoms with E-state index >= 15 is 0 Å². The number of rotatable bonds is 0. The van der Waals surface area contributed by atoms with Crippen molar-refractivity contribution in [1.29, 1.82) is 5.26 Å². The van der Waals surface area contributed by atoms with E-state index in [1.54, 1.807) is 0 Å². The van der Waals surface area contributed by atoms with Gasteiger partial charge in [0.2, 0.25) is 5.91 Å². The van der Waals surface area contributed by atoms with Crippen molar-refractivity contribution >= 4 is 5.91 Å². The highest BCUT2D eigenvalue weighted by molar-refractivity contribution is 5.77. The van der Waals surface area contributed by atoms with Crippen LogP contribution in [0, 0.1) is 11.3 Å². The largest absolute Gasteiger partial charge is 0.274 e. The first-order chi connectivity index (χ1) is 4.75. The Kier molecular flexibility index (Phi) is 1.50. The zero-order valence-corrected chi connectivity index (χ0v) is 5.40. The summed E-state index contributed by atoms with van der Waals surface area (Å²) in [5.74, 6) is -0.200. The fraction of sp³-hybridized carbons (Fsp3) is 0.167. The number of hydrogen-bond acceptors (Lipinski definition) is 3. The Morgan fingerprint density at radius 2 is 2.60 bits per heavy atom. The maximum absolute atomic E-state index is 10.7. The van der Waals surface area contributed by atoms with E-state index in [1.165, 1.54) is 24.0 Å². The van der Waals surface area contributed by atoms with Crippen LogP contribution in [0.1, 0.15) is 17.4 Å². The summed E-state index contributed by atoms with van der Waals surface area (Å²) in [7, 11) is 0. The van der Waals surface area contributed by atoms with Crippen LogP contribution < -0.4 is 0 Å². The molecule has 0 amide bonds. The standard InChI is InChI=1S/C6H5N3O/c1-5(10)9-4-8-3-6(9)2-7/h3-4H,1H3. The van der Waals surface area contributed by atoms with Crippen molar-refractivity contribution in [2.45, 2.75) is 6.92 Å². The molecule has 0 aliphatic heterocycles. The van der Waals surface area contributed by atoms with Gasteiger partial charge in [-0.1, -0.05) is 0 Å². The first-order valence-corrected chi connectivity index (χ1v) is 2.69. The molecule has 0 atom stereocenters. The average Bonchev–Trinajstić information content (AvgIpc) is 2.33. The van der Waals surface area contributed by atoms with Crippen LogP contribution in [-0.4, -0.2) is 15.5 Å². The van der Waals surface area contributed by atoms with Crippen molar-refractivity contribution in [3.05, 3.63) is 18.2 Å². The fourth-order valence-electron chi connectivity index (χ4n) is 0.629. The van der Waals surface area contributed by atoms with Gasteiger partial charge in [0.05, 0.1) is 6.20 Å². The summed E-state index contributed by atoms with van der Waals surface area (Å²) < 4.78 is 1.19. The monoisotopic (exact) mass is 135 g/mol. The Labute approximate surface area is 57.7 Å². The lowest BCUT2D eigenvalue weighted by molar-refractivity contribution is 0.0935. The second kappa shape index (κ2) is 2.31. The van der Waals surface area contributed by atoms with Gasteiger partial charge in [-0.25, -0.2) is 4.98 Å². The Hall–Kier alpha value is -1.63. The van der Waals surface area contributed by atoms with E-state index in [2.05, 4.69) is 4.98 Å². The number of carbonyl (C=O) groups excluding carboxylic acids is 1. The normalized spacial score (nSPS) is 8.80. The molecular formula is C6H5N3O. The summed E-state index contributed by atoms with van der Waals surface area (Å²) in [4.78, 5) is 14.3. The molecule has 0 fully saturated rings. The third kappa shape index (κ3) is 0.890. The molecule has 0 radical (unpaired) electrons. The van der Waals surface area contributed by atoms with Crippen LogP contribution in [0.15, 0.2) is 12.5 Å². The fourth-order valence-corrected chi connectivity index (χ4v) is 0.629. The number of carbonyl (C=O) groups is 1. The van der Waals surface area contributed by atoms with E-state index in [0.717, 1.165) is 0 Å². The average molecular weight is 135 g/mol. The molecule has 1 aromatic heterocycles. The molecule has 0 aliphatic rings. The highest BCUT2D eigenvalue weighted by Crippen LogP contribution is 1.94. The van der Waals surface area contributed by atoms with Crippen molar-refractivity contribution in [2.75, 3.05) is 0 Å². The third-order valence-corrected chi connectivity index (χ3v) is 1.09. The second-order valence-corrected chi connectivity index (χ2v) is 1.78. The predicted molar refractivity (Wildman–Crippen MR) is 33.2 cm³/mol. The molecule has 0 saturated carbocycles. The number of imidazole rings is 1. The summed E-state index contributed by atoms with van der Waals surface area (Å²) in [5.41, 5.74) is 0.271. The molecule has 1 rings (SSSR count). The van der Waals surface area contributed by atoms with Crippen LogP contribution in [0.5, 0.6) is 0 Å². The van der Waals surface area contributed by atoms with Gasteiger partial charge in [0, 0.05) is 6.92 Å². The van der Waals surface area contributed by atoms with Gasteiger partial charge in [0.25, 0.3) is 0 Å². The Morgan fingerprint density at radius 1 is 1.90 bits per heavy atom. The van der Waals surface area contributed by atoms with Crippen LogP contribution in [0.3, 0.4) is 0 Å². The van der Waals surface area contributed by atoms with E-state index in [-0.39, 0.29) is 11.6 Å². The van der Waals surface area contributed by atoms with Crippen LogP contribution >= 0.6 is 0 Å². The van der Waals surface area contributed by atoms with Gasteiger partial charge in [0.15, 0.2) is 0 Å². The molecule has 50 valence electrons. The smallest absolute Gasteiger partial charge is 0.229 e. The summed E-state index contributed by atoms with van der Waals surface area (Å²) in [6, 6.07) is 1.84. The topological polar surface area (TPSA) is 58.7 Å². The van der Waals surface area contributed by atoms with Gasteiger partial charge >= 0.3 is 0 Å². The zero-order valence-electron chi connectivity index (χ0n) is 5.40. The van der Waals surface area contributed by atoms with E-state index in [4.69, 9.17) is 5.26 Å². The molecule has 1 aromatic rings. The van der Waals surface area contributed by atoms with Crippen LogP contribution in [0.25, 0.3) is 0 Å². The summed E-state index contributed by atoms with van der Waals surface area (Å²) in [6.07, 6.45) is 2.67. The van der Waals surface area contributed by atoms with Crippen molar-refractivity contribution in [3.63, 3.8) is 0 Å². The minimum Gasteiger partial charge on any atom is -0.274 e. The number of nitriles is 1. The lowest BCUT2D eigenvalue weighted by Gasteiger charge is -1.92. The minimum absolute atomic E-state index is 0.200. The van der Waals surface area contributed by atoms with Gasteiger partial charge < -0.3 is 0 Å². The molecule has 10 heavy (non-hydrogen) atoms. The van der Waals surface area contributed by atoms with Crippen molar-refractivity contribution in [1.82, 2.24) is 9.55 Å². The van der Waals surface area contributed by atoms with Gasteiger partial charge in [-0.2, -0.15) is 5.26 Å². The zero-order chi connectivity index (χ0) is 7.56. The lowest BCUT2D eigenvalue weighted by Crippen LogP contribution is -2.05. The second-order valence-electron chi connectivity index (χ2n) is 1.78. The maximum Gasteiger partial charge on any atom is 0.229 e. The van der Waals surface area contributed by atoms with E-state index in [9.17, 15) is 4.79 Å². The Bertz CT molecular complexity index is 294. The summed E-state index contributed by atoms with van der Waals surface area (Å²) in [5, 5.41) is 8.39. The number of hydrogen-bond donors (Lipinski definition) is 0. The first kappa shape index (κ1) is 6.49. The Balaban J connectivity index is 3.17. The highest BCUT2D eigenvalue weighted by atomic mass is 16.1. The molecule has 0 spiro atoms. The lowest BCUT2D eigenvalue weighted by atomic mass is 10.5. The van der Waals surface area contributed by atoms with Gasteiger partial charge in [-0.15, -0.1) is 0 Å². The Morgan fingerprint density at radius 3 is 3.00 bits per heavy atom. The molecular weight excluding hydrogens is 130 g/mol. The van der Waals surface area contributed by atoms with Gasteiger partial charge in [-0.3, -0.25) is 9.36 Å². The quantitative estimate of drug-likeness (QED) is 0.517. The van der Waals surface area contributed by atoms with Gasteiger partial charge in [0.1, 0.15) is 18.1 Å². The molecule has 4 heteroatoms. The molecule has 0 aliphatic carbocycles. The number of nitrogens with zero attached hydrogens (tertiary/aromatic N) is 3. The van der Waals surface area contributed by atoms with E-state index in [1.807, 2.05) is 6.07 Å². The van der Waals surface area contributed by atoms with E-state index in [0.29, 0.717) is 0 Å². The predicted octanol–water partition coefficient (Wildman–Crippen LogP) is 0.415. The van der Waals surface area contributed by atoms with Crippen molar-refractivity contribution in [3.8, 4) is 6.07 Å². The molecule has 0 bridgehead atoms.